The van der Waals surface area contributed by atoms with E-state index in [1.165, 1.54) is 11.3 Å². The van der Waals surface area contributed by atoms with E-state index in [4.69, 9.17) is 0 Å². The topological polar surface area (TPSA) is 23.6 Å². The molecule has 1 fully saturated rings. The number of aryl methyl sites for hydroxylation is 1. The van der Waals surface area contributed by atoms with Crippen LogP contribution in [0.15, 0.2) is 24.3 Å². The zero-order valence-electron chi connectivity index (χ0n) is 13.6. The molecule has 0 bridgehead atoms. The van der Waals surface area contributed by atoms with Gasteiger partial charge in [-0.3, -0.25) is 4.79 Å². The van der Waals surface area contributed by atoms with Crippen LogP contribution in [0.3, 0.4) is 0 Å². The van der Waals surface area contributed by atoms with Gasteiger partial charge in [0.05, 0.1) is 0 Å². The number of piperazine rings is 1. The molecule has 3 nitrogen and oxygen atoms in total. The summed E-state index contributed by atoms with van der Waals surface area (Å²) >= 11 is 0. The van der Waals surface area contributed by atoms with Crippen molar-refractivity contribution < 1.29 is 4.79 Å². The zero-order valence-corrected chi connectivity index (χ0v) is 13.6. The number of nitrogens with zero attached hydrogens (tertiary/aromatic N) is 2. The molecule has 3 heteroatoms. The molecule has 1 aromatic rings. The van der Waals surface area contributed by atoms with Gasteiger partial charge in [0.2, 0.25) is 5.91 Å². The van der Waals surface area contributed by atoms with E-state index < -0.39 is 0 Å². The third-order valence-corrected chi connectivity index (χ3v) is 4.64. The first-order chi connectivity index (χ1) is 10.2. The Labute approximate surface area is 128 Å². The van der Waals surface area contributed by atoms with E-state index in [1.807, 2.05) is 0 Å². The second kappa shape index (κ2) is 7.48. The van der Waals surface area contributed by atoms with E-state index in [2.05, 4.69) is 54.8 Å². The van der Waals surface area contributed by atoms with Crippen LogP contribution in [0.4, 0.5) is 5.69 Å². The highest BCUT2D eigenvalue weighted by atomic mass is 16.2. The molecule has 21 heavy (non-hydrogen) atoms. The number of benzene rings is 1. The van der Waals surface area contributed by atoms with Gasteiger partial charge in [0.1, 0.15) is 0 Å². The first kappa shape index (κ1) is 15.9. The lowest BCUT2D eigenvalue weighted by Gasteiger charge is -2.37. The number of hydrogen-bond donors (Lipinski definition) is 0. The number of amides is 1. The van der Waals surface area contributed by atoms with Crippen molar-refractivity contribution >= 4 is 11.6 Å². The van der Waals surface area contributed by atoms with E-state index in [0.717, 1.165) is 45.4 Å². The van der Waals surface area contributed by atoms with E-state index in [-0.39, 0.29) is 5.92 Å². The van der Waals surface area contributed by atoms with Crippen molar-refractivity contribution in [2.45, 2.75) is 40.0 Å². The molecule has 0 spiro atoms. The molecule has 0 aliphatic carbocycles. The number of carbonyl (C=O) groups excluding carboxylic acids is 1. The zero-order chi connectivity index (χ0) is 15.2. The molecule has 0 aromatic heterocycles. The first-order valence-corrected chi connectivity index (χ1v) is 8.32. The summed E-state index contributed by atoms with van der Waals surface area (Å²) in [5.41, 5.74) is 2.66. The van der Waals surface area contributed by atoms with Gasteiger partial charge in [-0.15, -0.1) is 0 Å². The van der Waals surface area contributed by atoms with Gasteiger partial charge in [-0.25, -0.2) is 0 Å². The highest BCUT2D eigenvalue weighted by Crippen LogP contribution is 2.19. The molecule has 1 saturated heterocycles. The predicted molar refractivity (Wildman–Crippen MR) is 88.7 cm³/mol. The quantitative estimate of drug-likeness (QED) is 0.829. The van der Waals surface area contributed by atoms with Crippen LogP contribution in [0.1, 0.15) is 39.2 Å². The summed E-state index contributed by atoms with van der Waals surface area (Å²) in [5.74, 6) is 0.557. The maximum atomic E-state index is 12.4. The molecule has 0 atom stereocenters. The van der Waals surface area contributed by atoms with Crippen LogP contribution in [0.5, 0.6) is 0 Å². The molecule has 2 rings (SSSR count). The lowest BCUT2D eigenvalue weighted by Crippen LogP contribution is -2.50. The molecule has 1 amide bonds. The van der Waals surface area contributed by atoms with E-state index >= 15 is 0 Å². The Morgan fingerprint density at radius 2 is 1.57 bits per heavy atom. The molecule has 1 aliphatic rings. The minimum absolute atomic E-state index is 0.209. The van der Waals surface area contributed by atoms with Gasteiger partial charge < -0.3 is 9.80 Å². The fourth-order valence-corrected chi connectivity index (χ4v) is 3.02. The van der Waals surface area contributed by atoms with Gasteiger partial charge in [0, 0.05) is 37.8 Å². The number of anilines is 1. The summed E-state index contributed by atoms with van der Waals surface area (Å²) in [6.45, 7) is 9.98. The van der Waals surface area contributed by atoms with Crippen LogP contribution in [-0.2, 0) is 11.2 Å². The summed E-state index contributed by atoms with van der Waals surface area (Å²) < 4.78 is 0. The van der Waals surface area contributed by atoms with Gasteiger partial charge in [0.15, 0.2) is 0 Å². The van der Waals surface area contributed by atoms with Crippen molar-refractivity contribution in [2.75, 3.05) is 31.1 Å². The standard InChI is InChI=1S/C18H28N2O/c1-4-15-7-9-17(10-8-15)19-11-13-20(14-12-19)18(21)16(5-2)6-3/h7-10,16H,4-6,11-14H2,1-3H3. The van der Waals surface area contributed by atoms with Crippen LogP contribution >= 0.6 is 0 Å². The smallest absolute Gasteiger partial charge is 0.225 e. The Balaban J connectivity index is 1.91. The Bertz CT molecular complexity index is 443. The molecule has 0 unspecified atom stereocenters. The number of rotatable bonds is 5. The summed E-state index contributed by atoms with van der Waals surface area (Å²) in [7, 11) is 0. The third kappa shape index (κ3) is 3.78. The van der Waals surface area contributed by atoms with Crippen molar-refractivity contribution in [2.24, 2.45) is 5.92 Å². The lowest BCUT2D eigenvalue weighted by molar-refractivity contribution is -0.136. The Morgan fingerprint density at radius 3 is 2.05 bits per heavy atom. The lowest BCUT2D eigenvalue weighted by atomic mass is 10.0. The fourth-order valence-electron chi connectivity index (χ4n) is 3.02. The van der Waals surface area contributed by atoms with Gasteiger partial charge in [0.25, 0.3) is 0 Å². The summed E-state index contributed by atoms with van der Waals surface area (Å²) in [5, 5.41) is 0. The van der Waals surface area contributed by atoms with Crippen LogP contribution in [0.2, 0.25) is 0 Å². The fraction of sp³-hybridized carbons (Fsp3) is 0.611. The molecular weight excluding hydrogens is 260 g/mol. The Kier molecular flexibility index (Phi) is 5.66. The molecule has 1 aliphatic heterocycles. The monoisotopic (exact) mass is 288 g/mol. The van der Waals surface area contributed by atoms with Crippen LogP contribution in [-0.4, -0.2) is 37.0 Å². The van der Waals surface area contributed by atoms with E-state index in [0.29, 0.717) is 5.91 Å². The van der Waals surface area contributed by atoms with Crippen molar-refractivity contribution in [1.82, 2.24) is 4.90 Å². The van der Waals surface area contributed by atoms with Gasteiger partial charge >= 0.3 is 0 Å². The van der Waals surface area contributed by atoms with Crippen LogP contribution in [0.25, 0.3) is 0 Å². The second-order valence-electron chi connectivity index (χ2n) is 5.85. The number of hydrogen-bond acceptors (Lipinski definition) is 2. The normalized spacial score (nSPS) is 15.6. The molecule has 0 radical (unpaired) electrons. The van der Waals surface area contributed by atoms with Crippen molar-refractivity contribution in [3.8, 4) is 0 Å². The average molecular weight is 288 g/mol. The molecule has 1 aromatic carbocycles. The molecular formula is C18H28N2O. The van der Waals surface area contributed by atoms with Gasteiger partial charge in [-0.2, -0.15) is 0 Å². The van der Waals surface area contributed by atoms with Crippen molar-refractivity contribution in [3.05, 3.63) is 29.8 Å². The second-order valence-corrected chi connectivity index (χ2v) is 5.85. The van der Waals surface area contributed by atoms with E-state index in [1.54, 1.807) is 0 Å². The Morgan fingerprint density at radius 1 is 1.00 bits per heavy atom. The molecule has 1 heterocycles. The van der Waals surface area contributed by atoms with Crippen LogP contribution in [0, 0.1) is 5.92 Å². The minimum Gasteiger partial charge on any atom is -0.368 e. The molecule has 0 saturated carbocycles. The molecule has 0 N–H and O–H groups in total. The van der Waals surface area contributed by atoms with E-state index in [9.17, 15) is 4.79 Å². The maximum Gasteiger partial charge on any atom is 0.225 e. The minimum atomic E-state index is 0.209. The maximum absolute atomic E-state index is 12.4. The largest absolute Gasteiger partial charge is 0.368 e. The highest BCUT2D eigenvalue weighted by molar-refractivity contribution is 5.79. The first-order valence-electron chi connectivity index (χ1n) is 8.32. The van der Waals surface area contributed by atoms with Gasteiger partial charge in [-0.05, 0) is 37.0 Å². The van der Waals surface area contributed by atoms with Gasteiger partial charge in [-0.1, -0.05) is 32.9 Å². The summed E-state index contributed by atoms with van der Waals surface area (Å²) in [4.78, 5) is 16.8. The summed E-state index contributed by atoms with van der Waals surface area (Å²) in [6, 6.07) is 8.82. The van der Waals surface area contributed by atoms with Crippen LogP contribution < -0.4 is 4.90 Å². The average Bonchev–Trinajstić information content (AvgIpc) is 2.56. The number of carbonyl (C=O) groups is 1. The highest BCUT2D eigenvalue weighted by Gasteiger charge is 2.25. The van der Waals surface area contributed by atoms with Crippen molar-refractivity contribution in [1.29, 1.82) is 0 Å². The SMILES string of the molecule is CCc1ccc(N2CCN(C(=O)C(CC)CC)CC2)cc1. The van der Waals surface area contributed by atoms with Crippen molar-refractivity contribution in [3.63, 3.8) is 0 Å². The Hall–Kier alpha value is -1.51. The third-order valence-electron chi connectivity index (χ3n) is 4.64. The molecule has 116 valence electrons. The predicted octanol–water partition coefficient (Wildman–Crippen LogP) is 3.33. The summed E-state index contributed by atoms with van der Waals surface area (Å²) in [6.07, 6.45) is 2.99.